The Morgan fingerprint density at radius 2 is 1.52 bits per heavy atom. The molecule has 2 N–H and O–H groups in total. The number of amides is 2. The SMILES string of the molecule is CCC(Oc1ccc(-c2ccccc2)cc1)C(=O)Nc1ccc(CCC(=O)NC)cc1. The van der Waals surface area contributed by atoms with E-state index in [4.69, 9.17) is 4.74 Å². The topological polar surface area (TPSA) is 67.4 Å². The minimum Gasteiger partial charge on any atom is -0.481 e. The molecule has 3 aromatic rings. The van der Waals surface area contributed by atoms with Crippen LogP contribution in [-0.2, 0) is 16.0 Å². The summed E-state index contributed by atoms with van der Waals surface area (Å²) in [5, 5.41) is 5.52. The van der Waals surface area contributed by atoms with E-state index in [-0.39, 0.29) is 11.8 Å². The molecule has 1 atom stereocenters. The Morgan fingerprint density at radius 1 is 0.871 bits per heavy atom. The van der Waals surface area contributed by atoms with E-state index in [1.54, 1.807) is 7.05 Å². The third kappa shape index (κ3) is 6.44. The van der Waals surface area contributed by atoms with Crippen molar-refractivity contribution in [3.05, 3.63) is 84.4 Å². The van der Waals surface area contributed by atoms with Crippen molar-refractivity contribution >= 4 is 17.5 Å². The molecule has 0 saturated carbocycles. The Balaban J connectivity index is 1.57. The Labute approximate surface area is 183 Å². The first kappa shape index (κ1) is 22.1. The molecule has 31 heavy (non-hydrogen) atoms. The maximum Gasteiger partial charge on any atom is 0.265 e. The van der Waals surface area contributed by atoms with Gasteiger partial charge in [-0.2, -0.15) is 0 Å². The van der Waals surface area contributed by atoms with Crippen LogP contribution in [0.4, 0.5) is 5.69 Å². The zero-order valence-corrected chi connectivity index (χ0v) is 17.9. The molecule has 0 radical (unpaired) electrons. The largest absolute Gasteiger partial charge is 0.481 e. The van der Waals surface area contributed by atoms with Gasteiger partial charge < -0.3 is 15.4 Å². The third-order valence-electron chi connectivity index (χ3n) is 5.04. The second kappa shape index (κ2) is 11.0. The average molecular weight is 417 g/mol. The number of rotatable bonds is 9. The first-order valence-electron chi connectivity index (χ1n) is 10.5. The molecule has 0 aliphatic rings. The highest BCUT2D eigenvalue weighted by molar-refractivity contribution is 5.94. The Bertz CT molecular complexity index is 983. The van der Waals surface area contributed by atoms with Gasteiger partial charge in [0.1, 0.15) is 5.75 Å². The molecule has 3 rings (SSSR count). The van der Waals surface area contributed by atoms with E-state index < -0.39 is 6.10 Å². The summed E-state index contributed by atoms with van der Waals surface area (Å²) < 4.78 is 5.93. The average Bonchev–Trinajstić information content (AvgIpc) is 2.82. The molecule has 5 heteroatoms. The number of hydrogen-bond acceptors (Lipinski definition) is 3. The molecular formula is C26H28N2O3. The number of carbonyl (C=O) groups is 2. The van der Waals surface area contributed by atoms with Gasteiger partial charge in [-0.15, -0.1) is 0 Å². The van der Waals surface area contributed by atoms with Gasteiger partial charge in [-0.1, -0.05) is 61.5 Å². The van der Waals surface area contributed by atoms with Crippen molar-refractivity contribution in [2.24, 2.45) is 0 Å². The summed E-state index contributed by atoms with van der Waals surface area (Å²) in [6, 6.07) is 25.4. The lowest BCUT2D eigenvalue weighted by atomic mass is 10.1. The third-order valence-corrected chi connectivity index (χ3v) is 5.04. The summed E-state index contributed by atoms with van der Waals surface area (Å²) in [7, 11) is 1.63. The molecule has 0 aromatic heterocycles. The van der Waals surface area contributed by atoms with Crippen molar-refractivity contribution in [3.8, 4) is 16.9 Å². The lowest BCUT2D eigenvalue weighted by Crippen LogP contribution is -2.32. The zero-order valence-electron chi connectivity index (χ0n) is 17.9. The van der Waals surface area contributed by atoms with Gasteiger partial charge in [-0.3, -0.25) is 9.59 Å². The molecule has 2 amide bonds. The number of nitrogens with one attached hydrogen (secondary N) is 2. The zero-order chi connectivity index (χ0) is 22.1. The van der Waals surface area contributed by atoms with Gasteiger partial charge >= 0.3 is 0 Å². The highest BCUT2D eigenvalue weighted by Crippen LogP contribution is 2.23. The second-order valence-electron chi connectivity index (χ2n) is 7.26. The van der Waals surface area contributed by atoms with Gasteiger partial charge in [0, 0.05) is 19.2 Å². The van der Waals surface area contributed by atoms with Crippen molar-refractivity contribution in [3.63, 3.8) is 0 Å². The number of carbonyl (C=O) groups excluding carboxylic acids is 2. The molecule has 0 aliphatic heterocycles. The summed E-state index contributed by atoms with van der Waals surface area (Å²) in [5.41, 5.74) is 3.98. The summed E-state index contributed by atoms with van der Waals surface area (Å²) >= 11 is 0. The quantitative estimate of drug-likeness (QED) is 0.525. The second-order valence-corrected chi connectivity index (χ2v) is 7.26. The summed E-state index contributed by atoms with van der Waals surface area (Å²) in [4.78, 5) is 24.1. The summed E-state index contributed by atoms with van der Waals surface area (Å²) in [6.07, 6.45) is 1.07. The van der Waals surface area contributed by atoms with Gasteiger partial charge in [0.2, 0.25) is 5.91 Å². The van der Waals surface area contributed by atoms with Gasteiger partial charge in [-0.25, -0.2) is 0 Å². The van der Waals surface area contributed by atoms with Crippen LogP contribution >= 0.6 is 0 Å². The van der Waals surface area contributed by atoms with Crippen molar-refractivity contribution in [2.75, 3.05) is 12.4 Å². The van der Waals surface area contributed by atoms with E-state index in [0.717, 1.165) is 16.7 Å². The highest BCUT2D eigenvalue weighted by atomic mass is 16.5. The van der Waals surface area contributed by atoms with Crippen LogP contribution in [0.5, 0.6) is 5.75 Å². The van der Waals surface area contributed by atoms with Crippen LogP contribution in [0.15, 0.2) is 78.9 Å². The van der Waals surface area contributed by atoms with Crippen molar-refractivity contribution in [1.82, 2.24) is 5.32 Å². The fraction of sp³-hybridized carbons (Fsp3) is 0.231. The monoisotopic (exact) mass is 416 g/mol. The molecule has 1 unspecified atom stereocenters. The molecule has 0 saturated heterocycles. The Kier molecular flexibility index (Phi) is 7.82. The predicted octanol–water partition coefficient (Wildman–Crippen LogP) is 4.83. The fourth-order valence-corrected chi connectivity index (χ4v) is 3.20. The van der Waals surface area contributed by atoms with E-state index in [1.807, 2.05) is 73.7 Å². The maximum atomic E-state index is 12.7. The van der Waals surface area contributed by atoms with E-state index in [1.165, 1.54) is 0 Å². The molecule has 0 fully saturated rings. The molecular weight excluding hydrogens is 388 g/mol. The van der Waals surface area contributed by atoms with Gasteiger partial charge in [-0.05, 0) is 53.8 Å². The Morgan fingerprint density at radius 3 is 2.13 bits per heavy atom. The molecule has 0 heterocycles. The highest BCUT2D eigenvalue weighted by Gasteiger charge is 2.18. The molecule has 5 nitrogen and oxygen atoms in total. The van der Waals surface area contributed by atoms with Gasteiger partial charge in [0.25, 0.3) is 5.91 Å². The number of benzene rings is 3. The van der Waals surface area contributed by atoms with E-state index in [0.29, 0.717) is 30.7 Å². The van der Waals surface area contributed by atoms with Crippen molar-refractivity contribution < 1.29 is 14.3 Å². The molecule has 0 spiro atoms. The van der Waals surface area contributed by atoms with Crippen LogP contribution in [-0.4, -0.2) is 25.0 Å². The lowest BCUT2D eigenvalue weighted by Gasteiger charge is -2.18. The standard InChI is InChI=1S/C26H28N2O3/c1-3-24(31-23-16-12-21(13-17-23)20-7-5-4-6-8-20)26(30)28-22-14-9-19(10-15-22)11-18-25(29)27-2/h4-10,12-17,24H,3,11,18H2,1-2H3,(H,27,29)(H,28,30). The van der Waals surface area contributed by atoms with Crippen LogP contribution < -0.4 is 15.4 Å². The minimum absolute atomic E-state index is 0.0112. The number of hydrogen-bond donors (Lipinski definition) is 2. The Hall–Kier alpha value is -3.60. The van der Waals surface area contributed by atoms with E-state index in [9.17, 15) is 9.59 Å². The van der Waals surface area contributed by atoms with Crippen LogP contribution in [0.25, 0.3) is 11.1 Å². The number of anilines is 1. The maximum absolute atomic E-state index is 12.7. The molecule has 0 aliphatic carbocycles. The lowest BCUT2D eigenvalue weighted by molar-refractivity contribution is -0.123. The van der Waals surface area contributed by atoms with Crippen LogP contribution in [0.3, 0.4) is 0 Å². The van der Waals surface area contributed by atoms with Crippen molar-refractivity contribution in [2.45, 2.75) is 32.3 Å². The summed E-state index contributed by atoms with van der Waals surface area (Å²) in [5.74, 6) is 0.482. The fourth-order valence-electron chi connectivity index (χ4n) is 3.20. The predicted molar refractivity (Wildman–Crippen MR) is 124 cm³/mol. The van der Waals surface area contributed by atoms with Crippen molar-refractivity contribution in [1.29, 1.82) is 0 Å². The van der Waals surface area contributed by atoms with E-state index in [2.05, 4.69) is 22.8 Å². The van der Waals surface area contributed by atoms with Crippen LogP contribution in [0, 0.1) is 0 Å². The van der Waals surface area contributed by atoms with E-state index >= 15 is 0 Å². The number of aryl methyl sites for hydroxylation is 1. The molecule has 3 aromatic carbocycles. The minimum atomic E-state index is -0.587. The molecule has 0 bridgehead atoms. The van der Waals surface area contributed by atoms with Crippen LogP contribution in [0.1, 0.15) is 25.3 Å². The summed E-state index contributed by atoms with van der Waals surface area (Å²) in [6.45, 7) is 1.92. The van der Waals surface area contributed by atoms with Crippen LogP contribution in [0.2, 0.25) is 0 Å². The smallest absolute Gasteiger partial charge is 0.265 e. The van der Waals surface area contributed by atoms with Gasteiger partial charge in [0.15, 0.2) is 6.10 Å². The normalized spacial score (nSPS) is 11.4. The number of ether oxygens (including phenoxy) is 1. The first-order valence-corrected chi connectivity index (χ1v) is 10.5. The van der Waals surface area contributed by atoms with Gasteiger partial charge in [0.05, 0.1) is 0 Å². The molecule has 160 valence electrons. The first-order chi connectivity index (χ1) is 15.1.